The number of nitrogens with two attached hydrogens (primary N) is 1. The van der Waals surface area contributed by atoms with Gasteiger partial charge in [0, 0.05) is 31.5 Å². The summed E-state index contributed by atoms with van der Waals surface area (Å²) >= 11 is 0. The largest absolute Gasteiger partial charge is 0.450 e. The average Bonchev–Trinajstić information content (AvgIpc) is 2.55. The van der Waals surface area contributed by atoms with Crippen molar-refractivity contribution in [3.8, 4) is 0 Å². The van der Waals surface area contributed by atoms with Gasteiger partial charge in [-0.2, -0.15) is 0 Å². The van der Waals surface area contributed by atoms with Crippen molar-refractivity contribution in [1.29, 1.82) is 0 Å². The molecule has 1 saturated heterocycles. The number of amides is 1. The third-order valence-electron chi connectivity index (χ3n) is 3.53. The smallest absolute Gasteiger partial charge is 0.409 e. The minimum absolute atomic E-state index is 0.237. The van der Waals surface area contributed by atoms with Crippen LogP contribution in [0.2, 0.25) is 0 Å². The lowest BCUT2D eigenvalue weighted by Crippen LogP contribution is -2.48. The van der Waals surface area contributed by atoms with Crippen molar-refractivity contribution in [2.24, 2.45) is 10.7 Å². The summed E-state index contributed by atoms with van der Waals surface area (Å²) in [6.45, 7) is 4.07. The van der Waals surface area contributed by atoms with Crippen molar-refractivity contribution in [2.45, 2.75) is 32.4 Å². The lowest BCUT2D eigenvalue weighted by Gasteiger charge is -2.31. The third-order valence-corrected chi connectivity index (χ3v) is 3.53. The molecule has 0 bridgehead atoms. The normalized spacial score (nSPS) is 16.4. The molecule has 1 aliphatic heterocycles. The van der Waals surface area contributed by atoms with E-state index in [1.165, 1.54) is 0 Å². The van der Waals surface area contributed by atoms with Gasteiger partial charge in [-0.15, -0.1) is 0 Å². The highest BCUT2D eigenvalue weighted by atomic mass is 16.6. The quantitative estimate of drug-likeness (QED) is 0.642. The Hall–Kier alpha value is -2.31. The van der Waals surface area contributed by atoms with E-state index >= 15 is 0 Å². The Labute approximate surface area is 130 Å². The van der Waals surface area contributed by atoms with Gasteiger partial charge in [-0.1, -0.05) is 6.07 Å². The number of carbonyl (C=O) groups is 1. The Balaban J connectivity index is 1.74. The summed E-state index contributed by atoms with van der Waals surface area (Å²) in [4.78, 5) is 21.7. The third kappa shape index (κ3) is 4.91. The monoisotopic (exact) mass is 305 g/mol. The fraction of sp³-hybridized carbons (Fsp3) is 0.533. The molecule has 1 aromatic rings. The van der Waals surface area contributed by atoms with Gasteiger partial charge in [-0.05, 0) is 31.4 Å². The number of piperidine rings is 1. The number of hydrogen-bond donors (Lipinski definition) is 2. The van der Waals surface area contributed by atoms with E-state index in [1.54, 1.807) is 17.3 Å². The first-order valence-corrected chi connectivity index (χ1v) is 7.56. The van der Waals surface area contributed by atoms with Crippen LogP contribution >= 0.6 is 0 Å². The average molecular weight is 305 g/mol. The second-order valence-electron chi connectivity index (χ2n) is 5.17. The van der Waals surface area contributed by atoms with Gasteiger partial charge in [0.2, 0.25) is 0 Å². The van der Waals surface area contributed by atoms with Gasteiger partial charge in [-0.3, -0.25) is 4.98 Å². The van der Waals surface area contributed by atoms with Crippen LogP contribution in [-0.2, 0) is 11.3 Å². The molecular weight excluding hydrogens is 282 g/mol. The van der Waals surface area contributed by atoms with Gasteiger partial charge < -0.3 is 20.7 Å². The van der Waals surface area contributed by atoms with Crippen molar-refractivity contribution >= 4 is 12.1 Å². The zero-order chi connectivity index (χ0) is 15.8. The van der Waals surface area contributed by atoms with E-state index in [9.17, 15) is 4.79 Å². The first-order chi connectivity index (χ1) is 10.7. The maximum absolute atomic E-state index is 11.6. The fourth-order valence-electron chi connectivity index (χ4n) is 2.34. The van der Waals surface area contributed by atoms with Crippen LogP contribution in [0.1, 0.15) is 25.3 Å². The SMILES string of the molecule is CCOC(=O)N1CCC(NC(N)=NCc2cccnc2)CC1. The number of pyridine rings is 1. The van der Waals surface area contributed by atoms with Crippen LogP contribution in [0.5, 0.6) is 0 Å². The summed E-state index contributed by atoms with van der Waals surface area (Å²) in [5.74, 6) is 0.429. The Bertz CT molecular complexity index is 498. The van der Waals surface area contributed by atoms with E-state index < -0.39 is 0 Å². The van der Waals surface area contributed by atoms with Crippen LogP contribution in [0.4, 0.5) is 4.79 Å². The molecule has 1 fully saturated rings. The molecule has 0 aliphatic carbocycles. The molecule has 1 aromatic heterocycles. The topological polar surface area (TPSA) is 92.8 Å². The number of aromatic nitrogens is 1. The second-order valence-corrected chi connectivity index (χ2v) is 5.17. The van der Waals surface area contributed by atoms with Gasteiger partial charge in [0.05, 0.1) is 13.2 Å². The van der Waals surface area contributed by atoms with Crippen LogP contribution in [0.3, 0.4) is 0 Å². The van der Waals surface area contributed by atoms with E-state index in [2.05, 4.69) is 15.3 Å². The summed E-state index contributed by atoms with van der Waals surface area (Å²) in [6.07, 6.45) is 4.93. The molecule has 0 aromatic carbocycles. The molecule has 0 saturated carbocycles. The molecular formula is C15H23N5O2. The number of hydrogen-bond acceptors (Lipinski definition) is 4. The molecule has 2 heterocycles. The molecule has 1 aliphatic rings. The zero-order valence-corrected chi connectivity index (χ0v) is 12.9. The summed E-state index contributed by atoms with van der Waals surface area (Å²) in [5, 5.41) is 3.21. The Kier molecular flexibility index (Phi) is 6.00. The first-order valence-electron chi connectivity index (χ1n) is 7.56. The van der Waals surface area contributed by atoms with Gasteiger partial charge in [0.25, 0.3) is 0 Å². The van der Waals surface area contributed by atoms with Crippen LogP contribution in [0.15, 0.2) is 29.5 Å². The highest BCUT2D eigenvalue weighted by Gasteiger charge is 2.23. The molecule has 0 radical (unpaired) electrons. The van der Waals surface area contributed by atoms with Crippen LogP contribution < -0.4 is 11.1 Å². The van der Waals surface area contributed by atoms with Crippen LogP contribution in [0.25, 0.3) is 0 Å². The maximum Gasteiger partial charge on any atom is 0.409 e. The molecule has 120 valence electrons. The lowest BCUT2D eigenvalue weighted by molar-refractivity contribution is 0.0963. The van der Waals surface area contributed by atoms with Gasteiger partial charge >= 0.3 is 6.09 Å². The second kappa shape index (κ2) is 8.21. The molecule has 3 N–H and O–H groups in total. The van der Waals surface area contributed by atoms with E-state index in [0.29, 0.717) is 32.2 Å². The summed E-state index contributed by atoms with van der Waals surface area (Å²) in [7, 11) is 0. The van der Waals surface area contributed by atoms with Crippen LogP contribution in [0, 0.1) is 0 Å². The zero-order valence-electron chi connectivity index (χ0n) is 12.9. The van der Waals surface area contributed by atoms with Gasteiger partial charge in [-0.25, -0.2) is 9.79 Å². The minimum Gasteiger partial charge on any atom is -0.450 e. The van der Waals surface area contributed by atoms with E-state index in [-0.39, 0.29) is 12.1 Å². The van der Waals surface area contributed by atoms with Gasteiger partial charge in [0.1, 0.15) is 0 Å². The van der Waals surface area contributed by atoms with Crippen molar-refractivity contribution in [3.63, 3.8) is 0 Å². The summed E-state index contributed by atoms with van der Waals surface area (Å²) in [5.41, 5.74) is 6.93. The fourth-order valence-corrected chi connectivity index (χ4v) is 2.34. The molecule has 0 spiro atoms. The molecule has 7 heteroatoms. The van der Waals surface area contributed by atoms with E-state index in [4.69, 9.17) is 10.5 Å². The first kappa shape index (κ1) is 16.1. The number of rotatable bonds is 4. The number of nitrogens with zero attached hydrogens (tertiary/aromatic N) is 3. The van der Waals surface area contributed by atoms with E-state index in [0.717, 1.165) is 18.4 Å². The Morgan fingerprint density at radius 1 is 1.55 bits per heavy atom. The number of nitrogens with one attached hydrogen (secondary N) is 1. The van der Waals surface area contributed by atoms with Crippen molar-refractivity contribution in [1.82, 2.24) is 15.2 Å². The minimum atomic E-state index is -0.237. The molecule has 0 unspecified atom stereocenters. The number of ether oxygens (including phenoxy) is 1. The Morgan fingerprint density at radius 2 is 2.32 bits per heavy atom. The Morgan fingerprint density at radius 3 is 2.95 bits per heavy atom. The number of aliphatic imine (C=N–C) groups is 1. The highest BCUT2D eigenvalue weighted by Crippen LogP contribution is 2.11. The van der Waals surface area contributed by atoms with Crippen molar-refractivity contribution < 1.29 is 9.53 Å². The maximum atomic E-state index is 11.6. The van der Waals surface area contributed by atoms with Crippen molar-refractivity contribution in [3.05, 3.63) is 30.1 Å². The number of likely N-dealkylation sites (tertiary alicyclic amines) is 1. The molecule has 22 heavy (non-hydrogen) atoms. The number of guanidine groups is 1. The van der Waals surface area contributed by atoms with Gasteiger partial charge in [0.15, 0.2) is 5.96 Å². The summed E-state index contributed by atoms with van der Waals surface area (Å²) < 4.78 is 5.00. The highest BCUT2D eigenvalue weighted by molar-refractivity contribution is 5.78. The molecule has 2 rings (SSSR count). The molecule has 1 amide bonds. The predicted octanol–water partition coefficient (Wildman–Crippen LogP) is 1.11. The standard InChI is InChI=1S/C15H23N5O2/c1-2-22-15(21)20-8-5-13(6-9-20)19-14(16)18-11-12-4-3-7-17-10-12/h3-4,7,10,13H,2,5-6,8-9,11H2,1H3,(H3,16,18,19). The lowest BCUT2D eigenvalue weighted by atomic mass is 10.1. The number of carbonyl (C=O) groups excluding carboxylic acids is 1. The summed E-state index contributed by atoms with van der Waals surface area (Å²) in [6, 6.07) is 4.07. The molecule has 7 nitrogen and oxygen atoms in total. The van der Waals surface area contributed by atoms with Crippen LogP contribution in [-0.4, -0.2) is 47.7 Å². The predicted molar refractivity (Wildman–Crippen MR) is 84.3 cm³/mol. The van der Waals surface area contributed by atoms with Crippen molar-refractivity contribution in [2.75, 3.05) is 19.7 Å². The van der Waals surface area contributed by atoms with E-state index in [1.807, 2.05) is 19.1 Å². The molecule has 0 atom stereocenters.